The Hall–Kier alpha value is -1.28. The Morgan fingerprint density at radius 2 is 1.95 bits per heavy atom. The van der Waals surface area contributed by atoms with E-state index in [9.17, 15) is 21.6 Å². The molecule has 1 heterocycles. The Kier molecular flexibility index (Phi) is 4.21. The first-order valence-corrected chi connectivity index (χ1v) is 8.16. The smallest absolute Gasteiger partial charge is 0.369 e. The molecule has 0 amide bonds. The van der Waals surface area contributed by atoms with Gasteiger partial charge in [-0.15, -0.1) is 0 Å². The minimum atomic E-state index is -4.77. The second-order valence-corrected chi connectivity index (χ2v) is 6.79. The SMILES string of the molecule is C[C@H]1CCCCN1c1ccc(S(N)(=O)=O)c(C(F)(F)F)c1. The first-order valence-electron chi connectivity index (χ1n) is 6.61. The second-order valence-electron chi connectivity index (χ2n) is 5.26. The van der Waals surface area contributed by atoms with Crippen LogP contribution in [0.4, 0.5) is 18.9 Å². The predicted molar refractivity (Wildman–Crippen MR) is 73.5 cm³/mol. The van der Waals surface area contributed by atoms with Crippen LogP contribution in [0.3, 0.4) is 0 Å². The molecular formula is C13H17F3N2O2S. The predicted octanol–water partition coefficient (Wildman–Crippen LogP) is 2.73. The molecule has 1 atom stereocenters. The van der Waals surface area contributed by atoms with Crippen LogP contribution >= 0.6 is 0 Å². The number of hydrogen-bond acceptors (Lipinski definition) is 3. The van der Waals surface area contributed by atoms with Gasteiger partial charge in [-0.3, -0.25) is 0 Å². The molecule has 1 saturated heterocycles. The zero-order chi connectivity index (χ0) is 15.8. The summed E-state index contributed by atoms with van der Waals surface area (Å²) in [6.45, 7) is 2.60. The molecule has 2 N–H and O–H groups in total. The van der Waals surface area contributed by atoms with Gasteiger partial charge in [0.2, 0.25) is 10.0 Å². The summed E-state index contributed by atoms with van der Waals surface area (Å²) in [5, 5.41) is 4.87. The standard InChI is InChI=1S/C13H17F3N2O2S/c1-9-4-2-3-7-18(9)10-5-6-12(21(17,19)20)11(8-10)13(14,15)16/h5-6,8-9H,2-4,7H2,1H3,(H2,17,19,20)/t9-/m0/s1. The van der Waals surface area contributed by atoms with E-state index in [0.717, 1.165) is 31.4 Å². The molecule has 118 valence electrons. The van der Waals surface area contributed by atoms with Crippen molar-refractivity contribution in [2.45, 2.75) is 43.3 Å². The Morgan fingerprint density at radius 3 is 2.48 bits per heavy atom. The molecule has 0 unspecified atom stereocenters. The lowest BCUT2D eigenvalue weighted by Gasteiger charge is -2.35. The molecule has 21 heavy (non-hydrogen) atoms. The maximum atomic E-state index is 13.1. The second kappa shape index (κ2) is 5.49. The van der Waals surface area contributed by atoms with E-state index in [1.165, 1.54) is 6.07 Å². The van der Waals surface area contributed by atoms with Crippen molar-refractivity contribution < 1.29 is 21.6 Å². The van der Waals surface area contributed by atoms with Gasteiger partial charge in [0.25, 0.3) is 0 Å². The molecule has 1 fully saturated rings. The summed E-state index contributed by atoms with van der Waals surface area (Å²) in [5.41, 5.74) is -0.831. The van der Waals surface area contributed by atoms with E-state index in [2.05, 4.69) is 0 Å². The van der Waals surface area contributed by atoms with Crippen LogP contribution < -0.4 is 10.0 Å². The molecule has 0 spiro atoms. The third kappa shape index (κ3) is 3.49. The third-order valence-electron chi connectivity index (χ3n) is 3.71. The van der Waals surface area contributed by atoms with Crippen molar-refractivity contribution in [3.63, 3.8) is 0 Å². The summed E-state index contributed by atoms with van der Waals surface area (Å²) in [4.78, 5) is 0.981. The number of sulfonamides is 1. The molecule has 1 aliphatic rings. The number of piperidine rings is 1. The van der Waals surface area contributed by atoms with Crippen LogP contribution in [-0.4, -0.2) is 21.0 Å². The van der Waals surface area contributed by atoms with Crippen molar-refractivity contribution >= 4 is 15.7 Å². The van der Waals surface area contributed by atoms with Gasteiger partial charge >= 0.3 is 6.18 Å². The van der Waals surface area contributed by atoms with Gasteiger partial charge in [0.05, 0.1) is 10.5 Å². The van der Waals surface area contributed by atoms with Crippen molar-refractivity contribution in [3.05, 3.63) is 23.8 Å². The molecular weight excluding hydrogens is 305 g/mol. The lowest BCUT2D eigenvalue weighted by atomic mass is 10.0. The highest BCUT2D eigenvalue weighted by Crippen LogP contribution is 2.37. The molecule has 0 radical (unpaired) electrons. The monoisotopic (exact) mass is 322 g/mol. The molecule has 0 saturated carbocycles. The van der Waals surface area contributed by atoms with E-state index in [4.69, 9.17) is 5.14 Å². The number of primary sulfonamides is 1. The summed E-state index contributed by atoms with van der Waals surface area (Å²) in [6.07, 6.45) is -1.92. The molecule has 1 aliphatic heterocycles. The van der Waals surface area contributed by atoms with Crippen LogP contribution in [-0.2, 0) is 16.2 Å². The highest BCUT2D eigenvalue weighted by Gasteiger charge is 2.37. The fraction of sp³-hybridized carbons (Fsp3) is 0.538. The summed E-state index contributed by atoms with van der Waals surface area (Å²) in [5.74, 6) is 0. The lowest BCUT2D eigenvalue weighted by Crippen LogP contribution is -2.37. The van der Waals surface area contributed by atoms with E-state index in [1.807, 2.05) is 11.8 Å². The number of rotatable bonds is 2. The fourth-order valence-electron chi connectivity index (χ4n) is 2.65. The molecule has 8 heteroatoms. The molecule has 4 nitrogen and oxygen atoms in total. The van der Waals surface area contributed by atoms with Crippen LogP contribution in [0.2, 0.25) is 0 Å². The molecule has 1 aromatic rings. The van der Waals surface area contributed by atoms with E-state index in [0.29, 0.717) is 12.2 Å². The topological polar surface area (TPSA) is 63.4 Å². The number of nitrogens with two attached hydrogens (primary N) is 1. The lowest BCUT2D eigenvalue weighted by molar-refractivity contribution is -0.139. The Bertz CT molecular complexity index is 629. The van der Waals surface area contributed by atoms with Crippen LogP contribution in [0.15, 0.2) is 23.1 Å². The largest absolute Gasteiger partial charge is 0.417 e. The Morgan fingerprint density at radius 1 is 1.29 bits per heavy atom. The van der Waals surface area contributed by atoms with Gasteiger partial charge in [0.1, 0.15) is 0 Å². The maximum absolute atomic E-state index is 13.1. The van der Waals surface area contributed by atoms with Crippen LogP contribution in [0.5, 0.6) is 0 Å². The zero-order valence-corrected chi connectivity index (χ0v) is 12.3. The van der Waals surface area contributed by atoms with Crippen LogP contribution in [0.25, 0.3) is 0 Å². The van der Waals surface area contributed by atoms with E-state index in [-0.39, 0.29) is 6.04 Å². The highest BCUT2D eigenvalue weighted by atomic mass is 32.2. The minimum Gasteiger partial charge on any atom is -0.369 e. The highest BCUT2D eigenvalue weighted by molar-refractivity contribution is 7.89. The quantitative estimate of drug-likeness (QED) is 0.910. The van der Waals surface area contributed by atoms with Gasteiger partial charge in [0, 0.05) is 18.3 Å². The molecule has 0 aliphatic carbocycles. The molecule has 2 rings (SSSR count). The zero-order valence-electron chi connectivity index (χ0n) is 11.5. The summed E-state index contributed by atoms with van der Waals surface area (Å²) in [7, 11) is -4.42. The van der Waals surface area contributed by atoms with Crippen LogP contribution in [0.1, 0.15) is 31.7 Å². The molecule has 0 bridgehead atoms. The average molecular weight is 322 g/mol. The molecule has 1 aromatic carbocycles. The average Bonchev–Trinajstić information content (AvgIpc) is 2.36. The summed E-state index contributed by atoms with van der Waals surface area (Å²) < 4.78 is 61.9. The number of halogens is 3. The Balaban J connectivity index is 2.52. The number of benzene rings is 1. The van der Waals surface area contributed by atoms with Crippen molar-refractivity contribution in [1.29, 1.82) is 0 Å². The maximum Gasteiger partial charge on any atom is 0.417 e. The van der Waals surface area contributed by atoms with Gasteiger partial charge in [-0.2, -0.15) is 13.2 Å². The number of nitrogens with zero attached hydrogens (tertiary/aromatic N) is 1. The normalized spacial score (nSPS) is 20.6. The van der Waals surface area contributed by atoms with Gasteiger partial charge in [0.15, 0.2) is 0 Å². The van der Waals surface area contributed by atoms with Gasteiger partial charge < -0.3 is 4.90 Å². The van der Waals surface area contributed by atoms with Crippen molar-refractivity contribution in [2.24, 2.45) is 5.14 Å². The van der Waals surface area contributed by atoms with Crippen molar-refractivity contribution in [1.82, 2.24) is 0 Å². The van der Waals surface area contributed by atoms with Gasteiger partial charge in [-0.1, -0.05) is 0 Å². The third-order valence-corrected chi connectivity index (χ3v) is 4.68. The number of alkyl halides is 3. The number of hydrogen-bond donors (Lipinski definition) is 1. The van der Waals surface area contributed by atoms with Gasteiger partial charge in [-0.25, -0.2) is 13.6 Å². The van der Waals surface area contributed by atoms with Crippen molar-refractivity contribution in [2.75, 3.05) is 11.4 Å². The summed E-state index contributed by atoms with van der Waals surface area (Å²) >= 11 is 0. The first-order chi connectivity index (χ1) is 9.60. The Labute approximate surface area is 121 Å². The van der Waals surface area contributed by atoms with Crippen molar-refractivity contribution in [3.8, 4) is 0 Å². The van der Waals surface area contributed by atoms with E-state index < -0.39 is 26.7 Å². The molecule has 0 aromatic heterocycles. The van der Waals surface area contributed by atoms with E-state index in [1.54, 1.807) is 0 Å². The fourth-order valence-corrected chi connectivity index (χ4v) is 3.39. The van der Waals surface area contributed by atoms with Crippen LogP contribution in [0, 0.1) is 0 Å². The summed E-state index contributed by atoms with van der Waals surface area (Å²) in [6, 6.07) is 3.33. The van der Waals surface area contributed by atoms with Gasteiger partial charge in [-0.05, 0) is 44.4 Å². The number of anilines is 1. The minimum absolute atomic E-state index is 0.125. The first kappa shape index (κ1) is 16.1. The van der Waals surface area contributed by atoms with E-state index >= 15 is 0 Å².